The fraction of sp³-hybridized carbons (Fsp3) is 0.588. The van der Waals surface area contributed by atoms with E-state index in [1.54, 1.807) is 0 Å². The van der Waals surface area contributed by atoms with Crippen LogP contribution in [0.1, 0.15) is 49.3 Å². The number of carbonyl (C=O) groups is 1. The van der Waals surface area contributed by atoms with Gasteiger partial charge in [-0.3, -0.25) is 4.79 Å². The molecular formula is C17H22N2O. The minimum Gasteiger partial charge on any atom is -0.349 e. The maximum absolute atomic E-state index is 12.6. The molecule has 0 radical (unpaired) electrons. The minimum absolute atomic E-state index is 0.197. The molecule has 3 nitrogen and oxygen atoms in total. The zero-order valence-electron chi connectivity index (χ0n) is 11.8. The third kappa shape index (κ3) is 2.05. The Balaban J connectivity index is 1.48. The van der Waals surface area contributed by atoms with Gasteiger partial charge in [0.25, 0.3) is 0 Å². The molecule has 0 spiro atoms. The van der Waals surface area contributed by atoms with E-state index >= 15 is 0 Å². The van der Waals surface area contributed by atoms with Crippen LogP contribution in [-0.4, -0.2) is 18.0 Å². The standard InChI is InChI=1S/C17H22N2O/c20-17(14-10-12-8-9-16(14)18-12)19-15-7-3-5-11-4-1-2-6-13(11)15/h1-2,4,6,12,14-16,18H,3,5,7-10H2,(H,19,20). The van der Waals surface area contributed by atoms with E-state index in [0.29, 0.717) is 12.1 Å². The third-order valence-corrected chi connectivity index (χ3v) is 5.32. The fourth-order valence-corrected chi connectivity index (χ4v) is 4.30. The van der Waals surface area contributed by atoms with Crippen LogP contribution < -0.4 is 10.6 Å². The molecule has 1 aromatic rings. The van der Waals surface area contributed by atoms with Gasteiger partial charge in [0.2, 0.25) is 5.91 Å². The maximum atomic E-state index is 12.6. The Bertz CT molecular complexity index is 527. The summed E-state index contributed by atoms with van der Waals surface area (Å²) in [4.78, 5) is 12.6. The number of benzene rings is 1. The molecule has 0 aromatic heterocycles. The molecule has 2 bridgehead atoms. The average molecular weight is 270 g/mol. The first-order valence-corrected chi connectivity index (χ1v) is 7.95. The molecule has 20 heavy (non-hydrogen) atoms. The second-order valence-electron chi connectivity index (χ2n) is 6.54. The molecule has 4 unspecified atom stereocenters. The van der Waals surface area contributed by atoms with Gasteiger partial charge in [-0.1, -0.05) is 24.3 Å². The molecule has 0 saturated carbocycles. The maximum Gasteiger partial charge on any atom is 0.225 e. The van der Waals surface area contributed by atoms with Crippen LogP contribution in [0.25, 0.3) is 0 Å². The van der Waals surface area contributed by atoms with Crippen molar-refractivity contribution < 1.29 is 4.79 Å². The molecule has 2 saturated heterocycles. The first-order valence-electron chi connectivity index (χ1n) is 7.95. The number of nitrogens with one attached hydrogen (secondary N) is 2. The van der Waals surface area contributed by atoms with Crippen LogP contribution in [0, 0.1) is 5.92 Å². The van der Waals surface area contributed by atoms with Gasteiger partial charge in [0.1, 0.15) is 0 Å². The molecule has 2 heterocycles. The highest BCUT2D eigenvalue weighted by Gasteiger charge is 2.43. The van der Waals surface area contributed by atoms with E-state index in [1.807, 2.05) is 0 Å². The fourth-order valence-electron chi connectivity index (χ4n) is 4.30. The molecule has 1 aromatic carbocycles. The summed E-state index contributed by atoms with van der Waals surface area (Å²) < 4.78 is 0. The predicted octanol–water partition coefficient (Wildman–Crippen LogP) is 2.32. The van der Waals surface area contributed by atoms with Crippen molar-refractivity contribution in [3.8, 4) is 0 Å². The molecule has 1 amide bonds. The van der Waals surface area contributed by atoms with Gasteiger partial charge in [-0.05, 0) is 49.7 Å². The van der Waals surface area contributed by atoms with Crippen molar-refractivity contribution in [1.82, 2.24) is 10.6 Å². The van der Waals surface area contributed by atoms with Gasteiger partial charge in [-0.15, -0.1) is 0 Å². The van der Waals surface area contributed by atoms with Crippen molar-refractivity contribution >= 4 is 5.91 Å². The van der Waals surface area contributed by atoms with Crippen LogP contribution in [0.4, 0.5) is 0 Å². The zero-order valence-corrected chi connectivity index (χ0v) is 11.8. The van der Waals surface area contributed by atoms with Crippen LogP contribution in [-0.2, 0) is 11.2 Å². The Morgan fingerprint density at radius 1 is 1.20 bits per heavy atom. The smallest absolute Gasteiger partial charge is 0.225 e. The van der Waals surface area contributed by atoms with Gasteiger partial charge in [0, 0.05) is 12.1 Å². The highest BCUT2D eigenvalue weighted by Crippen LogP contribution is 2.35. The van der Waals surface area contributed by atoms with E-state index in [-0.39, 0.29) is 17.9 Å². The molecule has 3 heteroatoms. The molecular weight excluding hydrogens is 248 g/mol. The summed E-state index contributed by atoms with van der Waals surface area (Å²) in [5, 5.41) is 6.88. The normalized spacial score (nSPS) is 34.8. The summed E-state index contributed by atoms with van der Waals surface area (Å²) in [7, 11) is 0. The summed E-state index contributed by atoms with van der Waals surface area (Å²) in [6.07, 6.45) is 6.86. The Morgan fingerprint density at radius 2 is 2.10 bits per heavy atom. The van der Waals surface area contributed by atoms with Crippen LogP contribution in [0.3, 0.4) is 0 Å². The highest BCUT2D eigenvalue weighted by atomic mass is 16.2. The van der Waals surface area contributed by atoms with Gasteiger partial charge in [0.15, 0.2) is 0 Å². The lowest BCUT2D eigenvalue weighted by molar-refractivity contribution is -0.126. The lowest BCUT2D eigenvalue weighted by Gasteiger charge is -2.29. The van der Waals surface area contributed by atoms with Gasteiger partial charge in [-0.25, -0.2) is 0 Å². The predicted molar refractivity (Wildman–Crippen MR) is 78.3 cm³/mol. The number of rotatable bonds is 2. The quantitative estimate of drug-likeness (QED) is 0.866. The summed E-state index contributed by atoms with van der Waals surface area (Å²) in [6.45, 7) is 0. The van der Waals surface area contributed by atoms with Crippen molar-refractivity contribution in [2.75, 3.05) is 0 Å². The van der Waals surface area contributed by atoms with Crippen molar-refractivity contribution in [2.24, 2.45) is 5.92 Å². The Labute approximate surface area is 120 Å². The van der Waals surface area contributed by atoms with E-state index in [2.05, 4.69) is 34.9 Å². The van der Waals surface area contributed by atoms with Gasteiger partial charge >= 0.3 is 0 Å². The third-order valence-electron chi connectivity index (χ3n) is 5.32. The first kappa shape index (κ1) is 12.4. The topological polar surface area (TPSA) is 41.1 Å². The van der Waals surface area contributed by atoms with Gasteiger partial charge < -0.3 is 10.6 Å². The zero-order chi connectivity index (χ0) is 13.5. The number of fused-ring (bicyclic) bond motifs is 3. The average Bonchev–Trinajstić information content (AvgIpc) is 3.10. The number of aryl methyl sites for hydroxylation is 1. The highest BCUT2D eigenvalue weighted by molar-refractivity contribution is 5.80. The van der Waals surface area contributed by atoms with Crippen LogP contribution in [0.2, 0.25) is 0 Å². The monoisotopic (exact) mass is 270 g/mol. The van der Waals surface area contributed by atoms with Crippen LogP contribution in [0.5, 0.6) is 0 Å². The van der Waals surface area contributed by atoms with Gasteiger partial charge in [0.05, 0.1) is 12.0 Å². The van der Waals surface area contributed by atoms with E-state index in [1.165, 1.54) is 30.4 Å². The first-order chi connectivity index (χ1) is 9.81. The van der Waals surface area contributed by atoms with E-state index < -0.39 is 0 Å². The van der Waals surface area contributed by atoms with Crippen molar-refractivity contribution in [1.29, 1.82) is 0 Å². The largest absolute Gasteiger partial charge is 0.349 e. The number of amides is 1. The van der Waals surface area contributed by atoms with Crippen LogP contribution >= 0.6 is 0 Å². The summed E-state index contributed by atoms with van der Waals surface area (Å²) in [5.74, 6) is 0.467. The van der Waals surface area contributed by atoms with Crippen molar-refractivity contribution in [3.05, 3.63) is 35.4 Å². The lowest BCUT2D eigenvalue weighted by atomic mass is 9.85. The van der Waals surface area contributed by atoms with E-state index in [4.69, 9.17) is 0 Å². The molecule has 4 rings (SSSR count). The number of hydrogen-bond donors (Lipinski definition) is 2. The second-order valence-corrected chi connectivity index (χ2v) is 6.54. The van der Waals surface area contributed by atoms with Crippen molar-refractivity contribution in [3.63, 3.8) is 0 Å². The Kier molecular flexibility index (Phi) is 3.03. The molecule has 4 atom stereocenters. The van der Waals surface area contributed by atoms with E-state index in [9.17, 15) is 4.79 Å². The summed E-state index contributed by atoms with van der Waals surface area (Å²) in [6, 6.07) is 9.82. The summed E-state index contributed by atoms with van der Waals surface area (Å²) >= 11 is 0. The summed E-state index contributed by atoms with van der Waals surface area (Å²) in [5.41, 5.74) is 2.75. The molecule has 2 N–H and O–H groups in total. The molecule has 1 aliphatic carbocycles. The SMILES string of the molecule is O=C(NC1CCCc2ccccc21)C1CC2CCC1N2. The lowest BCUT2D eigenvalue weighted by Crippen LogP contribution is -2.40. The van der Waals surface area contributed by atoms with E-state index in [0.717, 1.165) is 19.3 Å². The molecule has 2 fully saturated rings. The van der Waals surface area contributed by atoms with Gasteiger partial charge in [-0.2, -0.15) is 0 Å². The second kappa shape index (κ2) is 4.88. The molecule has 106 valence electrons. The Hall–Kier alpha value is -1.35. The Morgan fingerprint density at radius 3 is 2.90 bits per heavy atom. The number of carbonyl (C=O) groups excluding carboxylic acids is 1. The molecule has 3 aliphatic rings. The molecule has 2 aliphatic heterocycles. The van der Waals surface area contributed by atoms with Crippen LogP contribution in [0.15, 0.2) is 24.3 Å². The van der Waals surface area contributed by atoms with Crippen molar-refractivity contribution in [2.45, 2.75) is 56.7 Å². The number of hydrogen-bond acceptors (Lipinski definition) is 2. The minimum atomic E-state index is 0.197.